The molecule has 1 unspecified atom stereocenters. The summed E-state index contributed by atoms with van der Waals surface area (Å²) in [5.41, 5.74) is -0.328. The van der Waals surface area contributed by atoms with Gasteiger partial charge in [0.1, 0.15) is 5.82 Å². The lowest BCUT2D eigenvalue weighted by Gasteiger charge is -2.24. The van der Waals surface area contributed by atoms with Crippen molar-refractivity contribution in [1.29, 1.82) is 0 Å². The molecule has 1 N–H and O–H groups in total. The molecule has 0 bridgehead atoms. The van der Waals surface area contributed by atoms with E-state index < -0.39 is 23.5 Å². The molecule has 11 heteroatoms. The predicted octanol–water partition coefficient (Wildman–Crippen LogP) is 4.06. The third kappa shape index (κ3) is 4.87. The molecule has 1 atom stereocenters. The Morgan fingerprint density at radius 3 is 2.53 bits per heavy atom. The highest BCUT2D eigenvalue weighted by molar-refractivity contribution is 6.04. The molecule has 3 aromatic rings. The van der Waals surface area contributed by atoms with Crippen molar-refractivity contribution in [3.05, 3.63) is 60.1 Å². The molecule has 1 aromatic carbocycles. The summed E-state index contributed by atoms with van der Waals surface area (Å²) >= 11 is 0. The lowest BCUT2D eigenvalue weighted by molar-refractivity contribution is -0.153. The number of likely N-dealkylation sites (N-methyl/N-ethyl adjacent to an activating group) is 1. The maximum atomic E-state index is 13.5. The quantitative estimate of drug-likeness (QED) is 0.601. The minimum Gasteiger partial charge on any atom is -0.431 e. The number of aromatic nitrogens is 2. The van der Waals surface area contributed by atoms with Crippen LogP contribution in [0.3, 0.4) is 0 Å². The van der Waals surface area contributed by atoms with Crippen LogP contribution in [-0.4, -0.2) is 52.9 Å². The molecular weight excluding hydrogens is 451 g/mol. The van der Waals surface area contributed by atoms with Gasteiger partial charge in [-0.2, -0.15) is 13.2 Å². The van der Waals surface area contributed by atoms with Crippen LogP contribution in [0, 0.1) is 0 Å². The Hall–Kier alpha value is -3.89. The van der Waals surface area contributed by atoms with Crippen LogP contribution in [0.25, 0.3) is 11.5 Å². The first-order valence-corrected chi connectivity index (χ1v) is 10.5. The molecule has 0 saturated carbocycles. The molecular formula is C23H22F3N5O3. The number of nitrogens with one attached hydrogen (secondary N) is 1. The highest BCUT2D eigenvalue weighted by atomic mass is 19.4. The second-order valence-electron chi connectivity index (χ2n) is 7.94. The van der Waals surface area contributed by atoms with Crippen LogP contribution >= 0.6 is 0 Å². The van der Waals surface area contributed by atoms with Crippen molar-refractivity contribution in [1.82, 2.24) is 14.9 Å². The summed E-state index contributed by atoms with van der Waals surface area (Å²) in [5.74, 6) is -2.20. The molecule has 3 heterocycles. The molecule has 34 heavy (non-hydrogen) atoms. The van der Waals surface area contributed by atoms with E-state index in [4.69, 9.17) is 4.42 Å². The van der Waals surface area contributed by atoms with Gasteiger partial charge in [0, 0.05) is 32.6 Å². The van der Waals surface area contributed by atoms with Gasteiger partial charge in [0.15, 0.2) is 5.69 Å². The Bertz CT molecular complexity index is 1180. The van der Waals surface area contributed by atoms with Crippen LogP contribution in [0.4, 0.5) is 24.7 Å². The van der Waals surface area contributed by atoms with Crippen molar-refractivity contribution in [3.8, 4) is 11.5 Å². The number of hydrogen-bond donors (Lipinski definition) is 1. The monoisotopic (exact) mass is 473 g/mol. The second-order valence-corrected chi connectivity index (χ2v) is 7.94. The van der Waals surface area contributed by atoms with E-state index in [1.165, 1.54) is 25.3 Å². The molecule has 1 fully saturated rings. The number of rotatable bonds is 5. The summed E-state index contributed by atoms with van der Waals surface area (Å²) in [4.78, 5) is 36.0. The van der Waals surface area contributed by atoms with E-state index in [0.29, 0.717) is 24.5 Å². The fraction of sp³-hybridized carbons (Fsp3) is 0.304. The average molecular weight is 473 g/mol. The molecule has 4 rings (SSSR count). The Morgan fingerprint density at radius 1 is 1.18 bits per heavy atom. The van der Waals surface area contributed by atoms with Gasteiger partial charge >= 0.3 is 6.18 Å². The minimum absolute atomic E-state index is 0.0145. The van der Waals surface area contributed by atoms with E-state index in [1.54, 1.807) is 42.3 Å². The molecule has 1 aliphatic rings. The number of halogens is 3. The van der Waals surface area contributed by atoms with Crippen LogP contribution in [0.1, 0.15) is 29.6 Å². The lowest BCUT2D eigenvalue weighted by atomic mass is 10.2. The van der Waals surface area contributed by atoms with Gasteiger partial charge in [0.2, 0.25) is 17.6 Å². The topological polar surface area (TPSA) is 91.6 Å². The largest absolute Gasteiger partial charge is 0.452 e. The SMILES string of the molecule is CC(=O)N(C)C1CCN(c2ccc(NC(=O)c3nc(-c4ccccc4)oc3C(F)(F)F)cn2)C1. The summed E-state index contributed by atoms with van der Waals surface area (Å²) in [5, 5.41) is 2.40. The Balaban J connectivity index is 1.49. The molecule has 0 spiro atoms. The zero-order valence-electron chi connectivity index (χ0n) is 18.5. The Morgan fingerprint density at radius 2 is 1.91 bits per heavy atom. The van der Waals surface area contributed by atoms with Gasteiger partial charge in [-0.15, -0.1) is 0 Å². The fourth-order valence-electron chi connectivity index (χ4n) is 3.73. The minimum atomic E-state index is -4.89. The van der Waals surface area contributed by atoms with Crippen LogP contribution in [0.5, 0.6) is 0 Å². The summed E-state index contributed by atoms with van der Waals surface area (Å²) in [6.45, 7) is 2.84. The first kappa shape index (κ1) is 23.3. The van der Waals surface area contributed by atoms with E-state index in [2.05, 4.69) is 15.3 Å². The molecule has 2 amide bonds. The molecule has 1 aliphatic heterocycles. The Labute approximate surface area is 193 Å². The van der Waals surface area contributed by atoms with Crippen molar-refractivity contribution in [2.75, 3.05) is 30.4 Å². The van der Waals surface area contributed by atoms with E-state index >= 15 is 0 Å². The highest BCUT2D eigenvalue weighted by Crippen LogP contribution is 2.35. The maximum absolute atomic E-state index is 13.5. The van der Waals surface area contributed by atoms with Gasteiger partial charge in [-0.25, -0.2) is 9.97 Å². The number of hydrogen-bond acceptors (Lipinski definition) is 6. The zero-order valence-corrected chi connectivity index (χ0v) is 18.5. The van der Waals surface area contributed by atoms with E-state index in [9.17, 15) is 22.8 Å². The maximum Gasteiger partial charge on any atom is 0.452 e. The van der Waals surface area contributed by atoms with Crippen molar-refractivity contribution in [2.24, 2.45) is 0 Å². The summed E-state index contributed by atoms with van der Waals surface area (Å²) < 4.78 is 45.4. The first-order chi connectivity index (χ1) is 16.1. The van der Waals surface area contributed by atoms with E-state index in [-0.39, 0.29) is 23.5 Å². The van der Waals surface area contributed by atoms with Crippen LogP contribution in [-0.2, 0) is 11.0 Å². The van der Waals surface area contributed by atoms with Gasteiger partial charge in [-0.1, -0.05) is 18.2 Å². The lowest BCUT2D eigenvalue weighted by Crippen LogP contribution is -2.37. The van der Waals surface area contributed by atoms with Gasteiger partial charge < -0.3 is 19.5 Å². The number of alkyl halides is 3. The van der Waals surface area contributed by atoms with Crippen LogP contribution < -0.4 is 10.2 Å². The summed E-state index contributed by atoms with van der Waals surface area (Å²) in [6, 6.07) is 11.3. The Kier molecular flexibility index (Phi) is 6.27. The van der Waals surface area contributed by atoms with Crippen molar-refractivity contribution < 1.29 is 27.2 Å². The van der Waals surface area contributed by atoms with Gasteiger partial charge in [-0.3, -0.25) is 9.59 Å². The summed E-state index contributed by atoms with van der Waals surface area (Å²) in [6.07, 6.45) is -2.73. The van der Waals surface area contributed by atoms with E-state index in [0.717, 1.165) is 6.42 Å². The number of pyridine rings is 1. The number of benzene rings is 1. The molecule has 0 radical (unpaired) electrons. The third-order valence-corrected chi connectivity index (χ3v) is 5.66. The molecule has 1 saturated heterocycles. The number of carbonyl (C=O) groups is 2. The molecule has 178 valence electrons. The van der Waals surface area contributed by atoms with Gasteiger partial charge in [0.05, 0.1) is 17.9 Å². The highest BCUT2D eigenvalue weighted by Gasteiger charge is 2.42. The normalized spacial score (nSPS) is 15.9. The number of amides is 2. The standard InChI is InChI=1S/C23H22F3N5O3/c1-14(32)30(2)17-10-11-31(13-17)18-9-8-16(12-27-18)28-21(33)19-20(23(24,25)26)34-22(29-19)15-6-4-3-5-7-15/h3-9,12,17H,10-11,13H2,1-2H3,(H,28,33). The van der Waals surface area contributed by atoms with Crippen LogP contribution in [0.15, 0.2) is 53.1 Å². The van der Waals surface area contributed by atoms with Gasteiger partial charge in [-0.05, 0) is 30.7 Å². The molecule has 2 aromatic heterocycles. The molecule has 0 aliphatic carbocycles. The average Bonchev–Trinajstić information content (AvgIpc) is 3.48. The summed E-state index contributed by atoms with van der Waals surface area (Å²) in [7, 11) is 1.75. The van der Waals surface area contributed by atoms with Crippen molar-refractivity contribution in [2.45, 2.75) is 25.6 Å². The third-order valence-electron chi connectivity index (χ3n) is 5.66. The number of oxazole rings is 1. The van der Waals surface area contributed by atoms with Crippen molar-refractivity contribution in [3.63, 3.8) is 0 Å². The fourth-order valence-corrected chi connectivity index (χ4v) is 3.73. The number of nitrogens with zero attached hydrogens (tertiary/aromatic N) is 4. The predicted molar refractivity (Wildman–Crippen MR) is 118 cm³/mol. The smallest absolute Gasteiger partial charge is 0.431 e. The van der Waals surface area contributed by atoms with Crippen LogP contribution in [0.2, 0.25) is 0 Å². The number of carbonyl (C=O) groups excluding carboxylic acids is 2. The van der Waals surface area contributed by atoms with Gasteiger partial charge in [0.25, 0.3) is 5.91 Å². The van der Waals surface area contributed by atoms with E-state index in [1.807, 2.05) is 4.90 Å². The first-order valence-electron chi connectivity index (χ1n) is 10.5. The zero-order chi connectivity index (χ0) is 24.5. The second kappa shape index (κ2) is 9.16. The van der Waals surface area contributed by atoms with Crippen molar-refractivity contribution >= 4 is 23.3 Å². The number of anilines is 2. The molecule has 8 nitrogen and oxygen atoms in total.